The molecule has 0 saturated heterocycles. The van der Waals surface area contributed by atoms with Crippen LogP contribution in [0.5, 0.6) is 0 Å². The summed E-state index contributed by atoms with van der Waals surface area (Å²) < 4.78 is 0. The van der Waals surface area contributed by atoms with Gasteiger partial charge in [-0.1, -0.05) is 5.01 Å². The predicted molar refractivity (Wildman–Crippen MR) is 24.1 cm³/mol. The Hall–Kier alpha value is -0.120. The lowest BCUT2D eigenvalue weighted by molar-refractivity contribution is 0.0204. The van der Waals surface area contributed by atoms with Gasteiger partial charge in [-0.3, -0.25) is 4.84 Å². The minimum absolute atomic E-state index is 1.57. The first-order chi connectivity index (χ1) is 2.77. The number of nitrogens with zero attached hydrogens (tertiary/aromatic N) is 1. The molecule has 0 aliphatic carbocycles. The number of hydrazine groups is 1. The minimum Gasteiger partial charge on any atom is -0.256 e. The number of hydrogen-bond acceptors (Lipinski definition) is 3. The SMILES string of the molecule is CON[N+](C)C. The van der Waals surface area contributed by atoms with Crippen LogP contribution in [-0.2, 0) is 4.84 Å². The van der Waals surface area contributed by atoms with Gasteiger partial charge in [0.15, 0.2) is 0 Å². The zero-order valence-corrected chi connectivity index (χ0v) is 4.36. The maximum atomic E-state index is 4.48. The van der Waals surface area contributed by atoms with E-state index in [4.69, 9.17) is 0 Å². The fraction of sp³-hybridized carbons (Fsp3) is 1.00. The fourth-order valence-corrected chi connectivity index (χ4v) is 0.183. The summed E-state index contributed by atoms with van der Waals surface area (Å²) in [6.07, 6.45) is 0. The maximum absolute atomic E-state index is 4.48. The Labute approximate surface area is 37.8 Å². The van der Waals surface area contributed by atoms with E-state index in [1.54, 1.807) is 12.1 Å². The van der Waals surface area contributed by atoms with Crippen molar-refractivity contribution in [1.29, 1.82) is 0 Å². The third kappa shape index (κ3) is 3.88. The number of hydrogen-bond donors (Lipinski definition) is 1. The first-order valence-electron chi connectivity index (χ1n) is 1.73. The summed E-state index contributed by atoms with van der Waals surface area (Å²) in [5, 5.41) is 1.71. The van der Waals surface area contributed by atoms with Crippen LogP contribution in [0.1, 0.15) is 0 Å². The molecule has 0 fully saturated rings. The van der Waals surface area contributed by atoms with Crippen LogP contribution in [0.2, 0.25) is 0 Å². The van der Waals surface area contributed by atoms with E-state index in [0.29, 0.717) is 0 Å². The van der Waals surface area contributed by atoms with E-state index in [-0.39, 0.29) is 0 Å². The summed E-state index contributed by atoms with van der Waals surface area (Å²) in [7, 11) is 5.27. The van der Waals surface area contributed by atoms with E-state index in [1.807, 2.05) is 14.1 Å². The first-order valence-corrected chi connectivity index (χ1v) is 1.73. The van der Waals surface area contributed by atoms with Crippen LogP contribution < -0.4 is 10.6 Å². The molecule has 0 aliphatic heterocycles. The summed E-state index contributed by atoms with van der Waals surface area (Å²) in [6.45, 7) is 0. The third-order valence-corrected chi connectivity index (χ3v) is 0.274. The van der Waals surface area contributed by atoms with Crippen molar-refractivity contribution in [2.24, 2.45) is 0 Å². The number of nitrogens with one attached hydrogen (secondary N) is 1. The topological polar surface area (TPSA) is 27.2 Å². The van der Waals surface area contributed by atoms with Crippen molar-refractivity contribution < 1.29 is 4.84 Å². The molecule has 1 radical (unpaired) electrons. The molecule has 0 amide bonds. The molecule has 0 bridgehead atoms. The second-order valence-electron chi connectivity index (χ2n) is 1.19. The molecule has 1 N–H and O–H groups in total. The third-order valence-electron chi connectivity index (χ3n) is 0.274. The molecular formula is C3H10N2O+. The van der Waals surface area contributed by atoms with E-state index in [2.05, 4.69) is 10.4 Å². The van der Waals surface area contributed by atoms with Crippen LogP contribution in [0.25, 0.3) is 0 Å². The van der Waals surface area contributed by atoms with Gasteiger partial charge >= 0.3 is 0 Å². The lowest BCUT2D eigenvalue weighted by Crippen LogP contribution is -2.34. The lowest BCUT2D eigenvalue weighted by Gasteiger charge is -1.94. The van der Waals surface area contributed by atoms with E-state index in [1.165, 1.54) is 0 Å². The highest BCUT2D eigenvalue weighted by Gasteiger charge is 1.89. The van der Waals surface area contributed by atoms with Crippen molar-refractivity contribution in [2.45, 2.75) is 0 Å². The van der Waals surface area contributed by atoms with Crippen molar-refractivity contribution in [2.75, 3.05) is 21.2 Å². The van der Waals surface area contributed by atoms with Gasteiger partial charge in [-0.2, -0.15) is 0 Å². The summed E-state index contributed by atoms with van der Waals surface area (Å²) in [6, 6.07) is 0. The van der Waals surface area contributed by atoms with E-state index in [0.717, 1.165) is 0 Å². The van der Waals surface area contributed by atoms with Crippen LogP contribution in [0.4, 0.5) is 0 Å². The summed E-state index contributed by atoms with van der Waals surface area (Å²) in [5.41, 5.74) is 2.54. The zero-order chi connectivity index (χ0) is 4.99. The Morgan fingerprint density at radius 2 is 2.00 bits per heavy atom. The molecule has 0 unspecified atom stereocenters. The Morgan fingerprint density at radius 1 is 1.50 bits per heavy atom. The Bertz CT molecular complexity index is 30.0. The van der Waals surface area contributed by atoms with Gasteiger partial charge in [-0.05, 0) is 0 Å². The van der Waals surface area contributed by atoms with Gasteiger partial charge in [0.05, 0.1) is 7.11 Å². The van der Waals surface area contributed by atoms with Gasteiger partial charge in [0, 0.05) is 5.59 Å². The monoisotopic (exact) mass is 90.1 g/mol. The first kappa shape index (κ1) is 5.88. The molecule has 37 valence electrons. The van der Waals surface area contributed by atoms with Crippen LogP contribution in [0, 0.1) is 0 Å². The highest BCUT2D eigenvalue weighted by Crippen LogP contribution is 1.51. The second kappa shape index (κ2) is 3.08. The van der Waals surface area contributed by atoms with Crippen LogP contribution in [0.3, 0.4) is 0 Å². The molecular weight excluding hydrogens is 80.0 g/mol. The normalized spacial score (nSPS) is 10.0. The van der Waals surface area contributed by atoms with Gasteiger partial charge in [0.25, 0.3) is 0 Å². The highest BCUT2D eigenvalue weighted by molar-refractivity contribution is 4.18. The average molecular weight is 90.1 g/mol. The van der Waals surface area contributed by atoms with Crippen molar-refractivity contribution in [3.63, 3.8) is 0 Å². The standard InChI is InChI=1S/C3H10N2O/c1-5(2)4-6-3/h4H,1-3H3/q+1. The summed E-state index contributed by atoms with van der Waals surface area (Å²) in [5.74, 6) is 0. The second-order valence-corrected chi connectivity index (χ2v) is 1.19. The van der Waals surface area contributed by atoms with Crippen molar-refractivity contribution in [3.8, 4) is 0 Å². The van der Waals surface area contributed by atoms with Gasteiger partial charge in [-0.25, -0.2) is 0 Å². The maximum Gasteiger partial charge on any atom is 0.136 e. The smallest absolute Gasteiger partial charge is 0.136 e. The Kier molecular flexibility index (Phi) is 3.02. The minimum atomic E-state index is 1.57. The molecule has 3 heteroatoms. The van der Waals surface area contributed by atoms with E-state index in [9.17, 15) is 0 Å². The Balaban J connectivity index is 2.63. The van der Waals surface area contributed by atoms with E-state index < -0.39 is 0 Å². The summed E-state index contributed by atoms with van der Waals surface area (Å²) in [4.78, 5) is 4.48. The molecule has 0 atom stereocenters. The molecule has 0 spiro atoms. The molecule has 0 aromatic rings. The van der Waals surface area contributed by atoms with Gasteiger partial charge < -0.3 is 0 Å². The molecule has 0 saturated carbocycles. The fourth-order valence-electron chi connectivity index (χ4n) is 0.183. The van der Waals surface area contributed by atoms with Crippen LogP contribution in [0.15, 0.2) is 0 Å². The van der Waals surface area contributed by atoms with Crippen molar-refractivity contribution in [1.82, 2.24) is 10.6 Å². The molecule has 0 rings (SSSR count). The average Bonchev–Trinajstić information content (AvgIpc) is 1.35. The lowest BCUT2D eigenvalue weighted by atomic mass is 11.2. The zero-order valence-electron chi connectivity index (χ0n) is 4.36. The van der Waals surface area contributed by atoms with Gasteiger partial charge in [0.2, 0.25) is 0 Å². The van der Waals surface area contributed by atoms with Crippen LogP contribution in [-0.4, -0.2) is 21.2 Å². The largest absolute Gasteiger partial charge is 0.256 e. The van der Waals surface area contributed by atoms with Crippen molar-refractivity contribution in [3.05, 3.63) is 0 Å². The highest BCUT2D eigenvalue weighted by atomic mass is 16.7. The molecule has 0 aliphatic rings. The van der Waals surface area contributed by atoms with E-state index >= 15 is 0 Å². The molecule has 0 aromatic carbocycles. The van der Waals surface area contributed by atoms with Gasteiger partial charge in [-0.15, -0.1) is 0 Å². The van der Waals surface area contributed by atoms with Gasteiger partial charge in [0.1, 0.15) is 14.1 Å². The summed E-state index contributed by atoms with van der Waals surface area (Å²) >= 11 is 0. The molecule has 3 nitrogen and oxygen atoms in total. The Morgan fingerprint density at radius 3 is 2.00 bits per heavy atom. The molecule has 6 heavy (non-hydrogen) atoms. The predicted octanol–water partition coefficient (Wildman–Crippen LogP) is -0.548. The molecule has 0 aromatic heterocycles. The van der Waals surface area contributed by atoms with Crippen LogP contribution >= 0.6 is 0 Å². The molecule has 0 heterocycles. The quantitative estimate of drug-likeness (QED) is 0.364. The van der Waals surface area contributed by atoms with Crippen molar-refractivity contribution >= 4 is 0 Å². The number of rotatable bonds is 2.